The highest BCUT2D eigenvalue weighted by molar-refractivity contribution is 5.81. The van der Waals surface area contributed by atoms with Gasteiger partial charge in [0.1, 0.15) is 17.9 Å². The molecular weight excluding hydrogens is 294 g/mol. The van der Waals surface area contributed by atoms with Crippen molar-refractivity contribution < 1.29 is 9.47 Å². The first-order valence-electron chi connectivity index (χ1n) is 7.49. The van der Waals surface area contributed by atoms with Gasteiger partial charge in [-0.05, 0) is 5.56 Å². The van der Waals surface area contributed by atoms with Crippen LogP contribution in [0, 0.1) is 0 Å². The highest BCUT2D eigenvalue weighted by Crippen LogP contribution is 2.27. The molecule has 4 rings (SSSR count). The summed E-state index contributed by atoms with van der Waals surface area (Å²) in [5.41, 5.74) is 8.31. The molecule has 0 amide bonds. The maximum atomic E-state index is 6.06. The second-order valence-electron chi connectivity index (χ2n) is 5.52. The molecule has 2 aromatic heterocycles. The lowest BCUT2D eigenvalue weighted by Gasteiger charge is -2.20. The molecule has 1 aliphatic rings. The fraction of sp³-hybridized carbons (Fsp3) is 0.312. The molecule has 0 saturated carbocycles. The van der Waals surface area contributed by atoms with Gasteiger partial charge in [-0.15, -0.1) is 0 Å². The van der Waals surface area contributed by atoms with Crippen LogP contribution in [0.2, 0.25) is 0 Å². The molecular formula is C16H17N5O2. The molecule has 0 radical (unpaired) electrons. The van der Waals surface area contributed by atoms with Gasteiger partial charge in [-0.2, -0.15) is 0 Å². The zero-order valence-corrected chi connectivity index (χ0v) is 12.5. The molecule has 3 heterocycles. The molecule has 7 nitrogen and oxygen atoms in total. The predicted octanol–water partition coefficient (Wildman–Crippen LogP) is 1.57. The third-order valence-electron chi connectivity index (χ3n) is 4.05. The maximum Gasteiger partial charge on any atom is 0.165 e. The first-order chi connectivity index (χ1) is 11.3. The molecule has 7 heteroatoms. The van der Waals surface area contributed by atoms with Crippen LogP contribution in [-0.2, 0) is 16.1 Å². The lowest BCUT2D eigenvalue weighted by Crippen LogP contribution is -2.25. The van der Waals surface area contributed by atoms with E-state index in [0.29, 0.717) is 36.8 Å². The van der Waals surface area contributed by atoms with Gasteiger partial charge in [-0.3, -0.25) is 0 Å². The van der Waals surface area contributed by atoms with Crippen LogP contribution in [0.3, 0.4) is 0 Å². The van der Waals surface area contributed by atoms with Crippen LogP contribution in [0.1, 0.15) is 11.6 Å². The number of hydrogen-bond donors (Lipinski definition) is 1. The monoisotopic (exact) mass is 311 g/mol. The Morgan fingerprint density at radius 1 is 1.17 bits per heavy atom. The highest BCUT2D eigenvalue weighted by Gasteiger charge is 2.32. The Kier molecular flexibility index (Phi) is 3.64. The first kappa shape index (κ1) is 14.1. The number of fused-ring (bicyclic) bond motifs is 1. The normalized spacial score (nSPS) is 21.0. The number of rotatable bonds is 4. The highest BCUT2D eigenvalue weighted by atomic mass is 16.5. The van der Waals surface area contributed by atoms with Crippen molar-refractivity contribution in [2.24, 2.45) is 0 Å². The fourth-order valence-electron chi connectivity index (χ4n) is 2.83. The molecule has 3 aromatic rings. The maximum absolute atomic E-state index is 6.06. The van der Waals surface area contributed by atoms with E-state index in [9.17, 15) is 0 Å². The van der Waals surface area contributed by atoms with Crippen LogP contribution in [0.25, 0.3) is 11.2 Å². The van der Waals surface area contributed by atoms with Gasteiger partial charge in [-0.1, -0.05) is 30.3 Å². The van der Waals surface area contributed by atoms with Crippen molar-refractivity contribution in [2.45, 2.75) is 18.8 Å². The summed E-state index contributed by atoms with van der Waals surface area (Å²) in [7, 11) is 0. The van der Waals surface area contributed by atoms with Gasteiger partial charge in [0.25, 0.3) is 0 Å². The van der Waals surface area contributed by atoms with Crippen LogP contribution in [0.15, 0.2) is 43.0 Å². The second kappa shape index (κ2) is 5.94. The minimum atomic E-state index is -0.0520. The topological polar surface area (TPSA) is 88.1 Å². The van der Waals surface area contributed by atoms with Gasteiger partial charge in [0.05, 0.1) is 32.2 Å². The summed E-state index contributed by atoms with van der Waals surface area (Å²) in [6.07, 6.45) is 3.13. The van der Waals surface area contributed by atoms with Crippen LogP contribution in [0.5, 0.6) is 0 Å². The van der Waals surface area contributed by atoms with Crippen molar-refractivity contribution in [1.82, 2.24) is 19.5 Å². The summed E-state index contributed by atoms with van der Waals surface area (Å²) in [5.74, 6) is 0.384. The smallest absolute Gasteiger partial charge is 0.165 e. The molecule has 1 aliphatic heterocycles. The Morgan fingerprint density at radius 3 is 2.91 bits per heavy atom. The Labute approximate surface area is 133 Å². The van der Waals surface area contributed by atoms with Gasteiger partial charge in [0, 0.05) is 0 Å². The number of imidazole rings is 1. The molecule has 1 saturated heterocycles. The largest absolute Gasteiger partial charge is 0.382 e. The summed E-state index contributed by atoms with van der Waals surface area (Å²) in [6, 6.07) is 10.1. The Morgan fingerprint density at radius 2 is 2.04 bits per heavy atom. The Bertz CT molecular complexity index is 805. The van der Waals surface area contributed by atoms with E-state index in [2.05, 4.69) is 15.0 Å². The second-order valence-corrected chi connectivity index (χ2v) is 5.52. The molecule has 1 aromatic carbocycles. The number of nitrogens with zero attached hydrogens (tertiary/aromatic N) is 4. The third-order valence-corrected chi connectivity index (χ3v) is 4.05. The number of ether oxygens (including phenoxy) is 2. The molecule has 118 valence electrons. The zero-order chi connectivity index (χ0) is 15.6. The Hall–Kier alpha value is -2.51. The summed E-state index contributed by atoms with van der Waals surface area (Å²) >= 11 is 0. The average Bonchev–Trinajstić information content (AvgIpc) is 3.20. The fourth-order valence-corrected chi connectivity index (χ4v) is 2.83. The van der Waals surface area contributed by atoms with E-state index in [-0.39, 0.29) is 12.1 Å². The summed E-state index contributed by atoms with van der Waals surface area (Å²) < 4.78 is 13.6. The standard InChI is InChI=1S/C16H17N5O2/c17-15-14-16(19-9-18-15)21(10-20-14)12-7-22-8-13(12)23-6-11-4-2-1-3-5-11/h1-5,9-10,12-13H,6-8H2,(H2,17,18,19)/t12-,13+/m0/s1. The predicted molar refractivity (Wildman–Crippen MR) is 84.6 cm³/mol. The quantitative estimate of drug-likeness (QED) is 0.787. The van der Waals surface area contributed by atoms with Gasteiger partial charge >= 0.3 is 0 Å². The van der Waals surface area contributed by atoms with Gasteiger partial charge in [-0.25, -0.2) is 15.0 Å². The summed E-state index contributed by atoms with van der Waals surface area (Å²) in [6.45, 7) is 1.67. The molecule has 0 spiro atoms. The van der Waals surface area contributed by atoms with Crippen molar-refractivity contribution in [3.63, 3.8) is 0 Å². The number of nitrogen functional groups attached to an aromatic ring is 1. The SMILES string of the molecule is Nc1ncnc2c1ncn2[C@H]1COC[C@H]1OCc1ccccc1. The van der Waals surface area contributed by atoms with Crippen LogP contribution < -0.4 is 5.73 Å². The van der Waals surface area contributed by atoms with E-state index >= 15 is 0 Å². The number of benzene rings is 1. The lowest BCUT2D eigenvalue weighted by atomic mass is 10.2. The minimum Gasteiger partial charge on any atom is -0.382 e. The number of nitrogens with two attached hydrogens (primary N) is 1. The van der Waals surface area contributed by atoms with Crippen molar-refractivity contribution in [2.75, 3.05) is 18.9 Å². The van der Waals surface area contributed by atoms with Crippen LogP contribution in [0.4, 0.5) is 5.82 Å². The average molecular weight is 311 g/mol. The molecule has 0 bridgehead atoms. The van der Waals surface area contributed by atoms with E-state index < -0.39 is 0 Å². The number of hydrogen-bond acceptors (Lipinski definition) is 6. The van der Waals surface area contributed by atoms with Crippen molar-refractivity contribution >= 4 is 17.0 Å². The van der Waals surface area contributed by atoms with E-state index in [4.69, 9.17) is 15.2 Å². The molecule has 2 atom stereocenters. The minimum absolute atomic E-state index is 0.0259. The van der Waals surface area contributed by atoms with Gasteiger partial charge in [0.15, 0.2) is 11.5 Å². The van der Waals surface area contributed by atoms with Gasteiger partial charge < -0.3 is 19.8 Å². The zero-order valence-electron chi connectivity index (χ0n) is 12.5. The number of anilines is 1. The van der Waals surface area contributed by atoms with Crippen molar-refractivity contribution in [3.8, 4) is 0 Å². The van der Waals surface area contributed by atoms with Crippen LogP contribution >= 0.6 is 0 Å². The summed E-state index contributed by atoms with van der Waals surface area (Å²) in [4.78, 5) is 12.6. The third kappa shape index (κ3) is 2.64. The molecule has 0 unspecified atom stereocenters. The Balaban J connectivity index is 1.56. The summed E-state index contributed by atoms with van der Waals surface area (Å²) in [5, 5.41) is 0. The van der Waals surface area contributed by atoms with E-state index in [1.807, 2.05) is 34.9 Å². The van der Waals surface area contributed by atoms with Gasteiger partial charge in [0.2, 0.25) is 0 Å². The molecule has 1 fully saturated rings. The van der Waals surface area contributed by atoms with E-state index in [1.165, 1.54) is 6.33 Å². The van der Waals surface area contributed by atoms with Crippen LogP contribution in [-0.4, -0.2) is 38.8 Å². The van der Waals surface area contributed by atoms with Crippen molar-refractivity contribution in [1.29, 1.82) is 0 Å². The number of aromatic nitrogens is 4. The van der Waals surface area contributed by atoms with E-state index in [0.717, 1.165) is 5.56 Å². The lowest BCUT2D eigenvalue weighted by molar-refractivity contribution is 0.0174. The van der Waals surface area contributed by atoms with Crippen molar-refractivity contribution in [3.05, 3.63) is 48.5 Å². The first-order valence-corrected chi connectivity index (χ1v) is 7.49. The van der Waals surface area contributed by atoms with E-state index in [1.54, 1.807) is 6.33 Å². The molecule has 23 heavy (non-hydrogen) atoms. The molecule has 2 N–H and O–H groups in total. The molecule has 0 aliphatic carbocycles.